The Morgan fingerprint density at radius 3 is 2.41 bits per heavy atom. The molecule has 2 aromatic rings. The highest BCUT2D eigenvalue weighted by atomic mass is 19.4. The van der Waals surface area contributed by atoms with Crippen LogP contribution in [0.1, 0.15) is 31.4 Å². The van der Waals surface area contributed by atoms with E-state index in [1.165, 1.54) is 13.0 Å². The van der Waals surface area contributed by atoms with Crippen molar-refractivity contribution >= 4 is 29.5 Å². The van der Waals surface area contributed by atoms with Crippen molar-refractivity contribution in [1.82, 2.24) is 10.2 Å². The third kappa shape index (κ3) is 5.03. The lowest BCUT2D eigenvalue weighted by molar-refractivity contribution is -0.155. The van der Waals surface area contributed by atoms with Crippen LogP contribution >= 0.6 is 0 Å². The van der Waals surface area contributed by atoms with E-state index in [9.17, 15) is 32.3 Å². The van der Waals surface area contributed by atoms with Gasteiger partial charge < -0.3 is 15.4 Å². The molecular weight excluding hydrogens is 455 g/mol. The number of esters is 1. The number of alkyl halides is 3. The normalized spacial score (nSPS) is 18.9. The lowest BCUT2D eigenvalue weighted by Crippen LogP contribution is -2.44. The van der Waals surface area contributed by atoms with Crippen molar-refractivity contribution in [2.75, 3.05) is 11.9 Å². The highest BCUT2D eigenvalue weighted by Gasteiger charge is 2.51. The van der Waals surface area contributed by atoms with Crippen LogP contribution in [0.4, 0.5) is 23.7 Å². The molecule has 2 unspecified atom stereocenters. The monoisotopic (exact) mass is 477 g/mol. The lowest BCUT2D eigenvalue weighted by atomic mass is 9.87. The van der Waals surface area contributed by atoms with Crippen molar-refractivity contribution in [3.05, 3.63) is 65.7 Å². The maximum Gasteiger partial charge on any atom is 0.416 e. The number of anilines is 1. The van der Waals surface area contributed by atoms with Crippen LogP contribution in [0.2, 0.25) is 0 Å². The molecule has 0 saturated carbocycles. The molecule has 0 radical (unpaired) electrons. The fourth-order valence-electron chi connectivity index (χ4n) is 3.57. The molecule has 1 heterocycles. The SMILES string of the molecule is CCC1(c2ccccc2)NC(=O)N(CC(=O)OC(C)C(=O)Nc2cccc(C(F)(F)F)c2)C1=O. The van der Waals surface area contributed by atoms with Crippen LogP contribution in [-0.4, -0.2) is 41.4 Å². The molecule has 1 aliphatic rings. The van der Waals surface area contributed by atoms with Crippen molar-refractivity contribution in [2.45, 2.75) is 38.1 Å². The molecule has 0 aromatic heterocycles. The molecular formula is C23H22F3N3O5. The van der Waals surface area contributed by atoms with E-state index in [1.54, 1.807) is 37.3 Å². The molecule has 0 aliphatic carbocycles. The zero-order chi connectivity index (χ0) is 25.1. The summed E-state index contributed by atoms with van der Waals surface area (Å²) >= 11 is 0. The van der Waals surface area contributed by atoms with Crippen LogP contribution in [0.3, 0.4) is 0 Å². The average molecular weight is 477 g/mol. The predicted octanol–water partition coefficient (Wildman–Crippen LogP) is 3.43. The predicted molar refractivity (Wildman–Crippen MR) is 114 cm³/mol. The molecule has 0 spiro atoms. The van der Waals surface area contributed by atoms with Crippen molar-refractivity contribution < 1.29 is 37.1 Å². The summed E-state index contributed by atoms with van der Waals surface area (Å²) in [4.78, 5) is 50.8. The van der Waals surface area contributed by atoms with Crippen molar-refractivity contribution in [3.63, 3.8) is 0 Å². The number of halogens is 3. The summed E-state index contributed by atoms with van der Waals surface area (Å²) in [7, 11) is 0. The van der Waals surface area contributed by atoms with Gasteiger partial charge in [-0.25, -0.2) is 4.79 Å². The number of amides is 4. The number of benzene rings is 2. The van der Waals surface area contributed by atoms with Gasteiger partial charge in [-0.2, -0.15) is 13.2 Å². The molecule has 2 atom stereocenters. The summed E-state index contributed by atoms with van der Waals surface area (Å²) in [5.41, 5.74) is -1.86. The van der Waals surface area contributed by atoms with Crippen LogP contribution in [-0.2, 0) is 30.8 Å². The molecule has 1 fully saturated rings. The van der Waals surface area contributed by atoms with Gasteiger partial charge >= 0.3 is 18.2 Å². The third-order valence-electron chi connectivity index (χ3n) is 5.39. The standard InChI is InChI=1S/C23H22F3N3O5/c1-3-22(15-8-5-4-6-9-15)20(32)29(21(33)28-22)13-18(30)34-14(2)19(31)27-17-11-7-10-16(12-17)23(24,25)26/h4-12,14H,3,13H2,1-2H3,(H,27,31)(H,28,33). The zero-order valence-corrected chi connectivity index (χ0v) is 18.3. The van der Waals surface area contributed by atoms with Gasteiger partial charge in [-0.3, -0.25) is 19.3 Å². The fourth-order valence-corrected chi connectivity index (χ4v) is 3.57. The number of carbonyl (C=O) groups is 4. The van der Waals surface area contributed by atoms with Crippen LogP contribution in [0.15, 0.2) is 54.6 Å². The first-order valence-electron chi connectivity index (χ1n) is 10.3. The maximum atomic E-state index is 13.0. The summed E-state index contributed by atoms with van der Waals surface area (Å²) in [5, 5.41) is 4.86. The van der Waals surface area contributed by atoms with Crippen LogP contribution in [0, 0.1) is 0 Å². The minimum absolute atomic E-state index is 0.132. The summed E-state index contributed by atoms with van der Waals surface area (Å²) < 4.78 is 43.5. The maximum absolute atomic E-state index is 13.0. The number of imide groups is 1. The number of hydrogen-bond donors (Lipinski definition) is 2. The Labute approximate surface area is 193 Å². The average Bonchev–Trinajstić information content (AvgIpc) is 3.04. The highest BCUT2D eigenvalue weighted by Crippen LogP contribution is 2.32. The van der Waals surface area contributed by atoms with E-state index in [1.807, 2.05) is 0 Å². The zero-order valence-electron chi connectivity index (χ0n) is 18.3. The van der Waals surface area contributed by atoms with Gasteiger partial charge in [-0.15, -0.1) is 0 Å². The number of nitrogens with one attached hydrogen (secondary N) is 2. The Morgan fingerprint density at radius 2 is 1.79 bits per heavy atom. The Hall–Kier alpha value is -3.89. The van der Waals surface area contributed by atoms with Gasteiger partial charge in [0.2, 0.25) is 0 Å². The van der Waals surface area contributed by atoms with Gasteiger partial charge in [-0.05, 0) is 37.1 Å². The Morgan fingerprint density at radius 1 is 1.12 bits per heavy atom. The van der Waals surface area contributed by atoms with E-state index in [-0.39, 0.29) is 12.1 Å². The van der Waals surface area contributed by atoms with Gasteiger partial charge in [-0.1, -0.05) is 43.3 Å². The van der Waals surface area contributed by atoms with Crippen molar-refractivity contribution in [3.8, 4) is 0 Å². The molecule has 34 heavy (non-hydrogen) atoms. The molecule has 0 bridgehead atoms. The van der Waals surface area contributed by atoms with Crippen molar-refractivity contribution in [1.29, 1.82) is 0 Å². The number of rotatable bonds is 7. The molecule has 2 N–H and O–H groups in total. The van der Waals surface area contributed by atoms with E-state index in [2.05, 4.69) is 10.6 Å². The molecule has 180 valence electrons. The smallest absolute Gasteiger partial charge is 0.416 e. The quantitative estimate of drug-likeness (QED) is 0.470. The summed E-state index contributed by atoms with van der Waals surface area (Å²) in [6.45, 7) is 2.20. The summed E-state index contributed by atoms with van der Waals surface area (Å²) in [6.07, 6.45) is -5.74. The number of carbonyl (C=O) groups excluding carboxylic acids is 4. The molecule has 4 amide bonds. The van der Waals surface area contributed by atoms with E-state index < -0.39 is 53.7 Å². The number of ether oxygens (including phenoxy) is 1. The lowest BCUT2D eigenvalue weighted by Gasteiger charge is -2.25. The van der Waals surface area contributed by atoms with E-state index >= 15 is 0 Å². The molecule has 2 aromatic carbocycles. The second kappa shape index (κ2) is 9.54. The Balaban J connectivity index is 1.63. The van der Waals surface area contributed by atoms with Crippen LogP contribution in [0.5, 0.6) is 0 Å². The second-order valence-corrected chi connectivity index (χ2v) is 7.65. The third-order valence-corrected chi connectivity index (χ3v) is 5.39. The Bertz CT molecular complexity index is 1110. The number of nitrogens with zero attached hydrogens (tertiary/aromatic N) is 1. The van der Waals surface area contributed by atoms with Gasteiger partial charge in [0.25, 0.3) is 11.8 Å². The van der Waals surface area contributed by atoms with Gasteiger partial charge in [0, 0.05) is 5.69 Å². The molecule has 3 rings (SSSR count). The topological polar surface area (TPSA) is 105 Å². The van der Waals surface area contributed by atoms with Gasteiger partial charge in [0.15, 0.2) is 6.10 Å². The van der Waals surface area contributed by atoms with E-state index in [0.717, 1.165) is 18.2 Å². The highest BCUT2D eigenvalue weighted by molar-refractivity contribution is 6.09. The Kier molecular flexibility index (Phi) is 6.94. The molecule has 1 saturated heterocycles. The largest absolute Gasteiger partial charge is 0.451 e. The number of hydrogen-bond acceptors (Lipinski definition) is 5. The van der Waals surface area contributed by atoms with Gasteiger partial charge in [0.05, 0.1) is 5.56 Å². The van der Waals surface area contributed by atoms with Gasteiger partial charge in [0.1, 0.15) is 12.1 Å². The minimum atomic E-state index is -4.59. The second-order valence-electron chi connectivity index (χ2n) is 7.65. The van der Waals surface area contributed by atoms with E-state index in [4.69, 9.17) is 4.74 Å². The summed E-state index contributed by atoms with van der Waals surface area (Å²) in [6, 6.07) is 11.7. The first-order valence-corrected chi connectivity index (χ1v) is 10.3. The van der Waals surface area contributed by atoms with Crippen molar-refractivity contribution in [2.24, 2.45) is 0 Å². The fraction of sp³-hybridized carbons (Fsp3) is 0.304. The molecule has 11 heteroatoms. The number of urea groups is 1. The summed E-state index contributed by atoms with van der Waals surface area (Å²) in [5.74, 6) is -2.54. The minimum Gasteiger partial charge on any atom is -0.451 e. The first-order chi connectivity index (χ1) is 16.0. The van der Waals surface area contributed by atoms with Crippen LogP contribution in [0.25, 0.3) is 0 Å². The molecule has 1 aliphatic heterocycles. The van der Waals surface area contributed by atoms with Crippen LogP contribution < -0.4 is 10.6 Å². The van der Waals surface area contributed by atoms with E-state index in [0.29, 0.717) is 10.5 Å². The molecule has 8 nitrogen and oxygen atoms in total. The first kappa shape index (κ1) is 24.7.